The monoisotopic (exact) mass is 253 g/mol. The van der Waals surface area contributed by atoms with Crippen molar-refractivity contribution in [3.63, 3.8) is 0 Å². The lowest BCUT2D eigenvalue weighted by molar-refractivity contribution is 0.186. The molecule has 100 valence electrons. The second-order valence-corrected chi connectivity index (χ2v) is 4.76. The van der Waals surface area contributed by atoms with E-state index in [0.717, 1.165) is 19.6 Å². The van der Waals surface area contributed by atoms with Gasteiger partial charge in [-0.3, -0.25) is 4.90 Å². The summed E-state index contributed by atoms with van der Waals surface area (Å²) in [6.45, 7) is 5.28. The summed E-state index contributed by atoms with van der Waals surface area (Å²) in [6, 6.07) is 4.26. The number of likely N-dealkylation sites (tertiary alicyclic amines) is 1. The summed E-state index contributed by atoms with van der Waals surface area (Å²) >= 11 is 0. The van der Waals surface area contributed by atoms with Crippen LogP contribution in [0.5, 0.6) is 5.75 Å². The third-order valence-corrected chi connectivity index (χ3v) is 3.29. The molecular formula is C14H20FNO2. The van der Waals surface area contributed by atoms with Crippen molar-refractivity contribution in [3.05, 3.63) is 29.6 Å². The van der Waals surface area contributed by atoms with E-state index in [1.165, 1.54) is 25.0 Å². The first-order chi connectivity index (χ1) is 8.66. The smallest absolute Gasteiger partial charge is 0.128 e. The fraction of sp³-hybridized carbons (Fsp3) is 0.571. The highest BCUT2D eigenvalue weighted by molar-refractivity contribution is 5.35. The van der Waals surface area contributed by atoms with Gasteiger partial charge in [0.1, 0.15) is 18.2 Å². The van der Waals surface area contributed by atoms with E-state index in [9.17, 15) is 9.50 Å². The minimum atomic E-state index is -0.646. The van der Waals surface area contributed by atoms with Crippen LogP contribution in [0.3, 0.4) is 0 Å². The van der Waals surface area contributed by atoms with Crippen molar-refractivity contribution in [1.82, 2.24) is 4.90 Å². The van der Waals surface area contributed by atoms with Gasteiger partial charge in [0.25, 0.3) is 0 Å². The van der Waals surface area contributed by atoms with Gasteiger partial charge in [-0.1, -0.05) is 0 Å². The summed E-state index contributed by atoms with van der Waals surface area (Å²) < 4.78 is 18.8. The molecule has 3 nitrogen and oxygen atoms in total. The van der Waals surface area contributed by atoms with Crippen LogP contribution in [0.2, 0.25) is 0 Å². The average molecular weight is 253 g/mol. The first-order valence-electron chi connectivity index (χ1n) is 6.49. The van der Waals surface area contributed by atoms with E-state index in [4.69, 9.17) is 4.74 Å². The van der Waals surface area contributed by atoms with Gasteiger partial charge in [-0.2, -0.15) is 0 Å². The van der Waals surface area contributed by atoms with E-state index in [2.05, 4.69) is 4.90 Å². The van der Waals surface area contributed by atoms with Gasteiger partial charge in [0, 0.05) is 18.2 Å². The molecule has 1 fully saturated rings. The van der Waals surface area contributed by atoms with Gasteiger partial charge in [0.2, 0.25) is 0 Å². The molecule has 0 radical (unpaired) electrons. The summed E-state index contributed by atoms with van der Waals surface area (Å²) in [6.07, 6.45) is 1.85. The predicted molar refractivity (Wildman–Crippen MR) is 68.2 cm³/mol. The zero-order valence-corrected chi connectivity index (χ0v) is 10.7. The summed E-state index contributed by atoms with van der Waals surface area (Å²) in [5.41, 5.74) is 0.637. The SMILES string of the molecule is C[C@H](O)c1ccc(F)cc1OCCN1CCCC1. The van der Waals surface area contributed by atoms with Crippen LogP contribution in [-0.2, 0) is 0 Å². The Hall–Kier alpha value is -1.13. The number of rotatable bonds is 5. The van der Waals surface area contributed by atoms with Gasteiger partial charge in [0.05, 0.1) is 6.10 Å². The molecule has 0 amide bonds. The number of benzene rings is 1. The van der Waals surface area contributed by atoms with Crippen LogP contribution in [0.25, 0.3) is 0 Å². The lowest BCUT2D eigenvalue weighted by atomic mass is 10.1. The first kappa shape index (κ1) is 13.3. The number of ether oxygens (including phenoxy) is 1. The van der Waals surface area contributed by atoms with Crippen molar-refractivity contribution < 1.29 is 14.2 Å². The lowest BCUT2D eigenvalue weighted by Gasteiger charge is -2.17. The molecule has 0 spiro atoms. The number of halogens is 1. The molecule has 0 aromatic heterocycles. The van der Waals surface area contributed by atoms with E-state index in [0.29, 0.717) is 17.9 Å². The third-order valence-electron chi connectivity index (χ3n) is 3.29. The van der Waals surface area contributed by atoms with Crippen LogP contribution >= 0.6 is 0 Å². The van der Waals surface area contributed by atoms with Gasteiger partial charge >= 0.3 is 0 Å². The number of hydrogen-bond donors (Lipinski definition) is 1. The Labute approximate surface area is 107 Å². The van der Waals surface area contributed by atoms with Gasteiger partial charge in [-0.25, -0.2) is 4.39 Å². The van der Waals surface area contributed by atoms with Gasteiger partial charge < -0.3 is 9.84 Å². The maximum Gasteiger partial charge on any atom is 0.128 e. The zero-order chi connectivity index (χ0) is 13.0. The Kier molecular flexibility index (Phi) is 4.55. The minimum Gasteiger partial charge on any atom is -0.492 e. The molecule has 1 aromatic carbocycles. The molecule has 1 aliphatic heterocycles. The molecular weight excluding hydrogens is 233 g/mol. The maximum atomic E-state index is 13.2. The Morgan fingerprint density at radius 1 is 1.39 bits per heavy atom. The third kappa shape index (κ3) is 3.43. The molecule has 1 aromatic rings. The molecule has 1 heterocycles. The molecule has 1 aliphatic rings. The molecule has 1 atom stereocenters. The highest BCUT2D eigenvalue weighted by Crippen LogP contribution is 2.26. The van der Waals surface area contributed by atoms with Crippen molar-refractivity contribution in [2.24, 2.45) is 0 Å². The lowest BCUT2D eigenvalue weighted by Crippen LogP contribution is -2.25. The van der Waals surface area contributed by atoms with E-state index in [-0.39, 0.29) is 5.82 Å². The average Bonchev–Trinajstić information content (AvgIpc) is 2.82. The Bertz CT molecular complexity index is 389. The summed E-state index contributed by atoms with van der Waals surface area (Å²) in [5, 5.41) is 9.59. The normalized spacial score (nSPS) is 17.9. The van der Waals surface area contributed by atoms with Crippen LogP contribution in [0.4, 0.5) is 4.39 Å². The Balaban J connectivity index is 1.92. The molecule has 2 rings (SSSR count). The predicted octanol–water partition coefficient (Wildman–Crippen LogP) is 2.35. The molecule has 1 saturated heterocycles. The fourth-order valence-corrected chi connectivity index (χ4v) is 2.27. The molecule has 1 N–H and O–H groups in total. The van der Waals surface area contributed by atoms with Crippen molar-refractivity contribution in [2.75, 3.05) is 26.2 Å². The second-order valence-electron chi connectivity index (χ2n) is 4.76. The highest BCUT2D eigenvalue weighted by atomic mass is 19.1. The van der Waals surface area contributed by atoms with E-state index in [1.807, 2.05) is 0 Å². The van der Waals surface area contributed by atoms with E-state index >= 15 is 0 Å². The molecule has 0 bridgehead atoms. The van der Waals surface area contributed by atoms with Crippen LogP contribution in [0.15, 0.2) is 18.2 Å². The molecule has 0 unspecified atom stereocenters. The van der Waals surface area contributed by atoms with Crippen molar-refractivity contribution in [2.45, 2.75) is 25.9 Å². The van der Waals surface area contributed by atoms with Crippen LogP contribution in [0.1, 0.15) is 31.4 Å². The van der Waals surface area contributed by atoms with Crippen molar-refractivity contribution in [1.29, 1.82) is 0 Å². The molecule has 4 heteroatoms. The van der Waals surface area contributed by atoms with Crippen LogP contribution < -0.4 is 4.74 Å². The summed E-state index contributed by atoms with van der Waals surface area (Å²) in [5.74, 6) is 0.111. The fourth-order valence-electron chi connectivity index (χ4n) is 2.27. The topological polar surface area (TPSA) is 32.7 Å². The number of nitrogens with zero attached hydrogens (tertiary/aromatic N) is 1. The standard InChI is InChI=1S/C14H20FNO2/c1-11(17)13-5-4-12(15)10-14(13)18-9-8-16-6-2-3-7-16/h4-5,10-11,17H,2-3,6-9H2,1H3/t11-/m0/s1. The number of aliphatic hydroxyl groups excluding tert-OH is 1. The molecule has 18 heavy (non-hydrogen) atoms. The minimum absolute atomic E-state index is 0.337. The maximum absolute atomic E-state index is 13.2. The largest absolute Gasteiger partial charge is 0.492 e. The Morgan fingerprint density at radius 2 is 2.11 bits per heavy atom. The highest BCUT2D eigenvalue weighted by Gasteiger charge is 2.13. The second kappa shape index (κ2) is 6.16. The van der Waals surface area contributed by atoms with Crippen LogP contribution in [-0.4, -0.2) is 36.2 Å². The summed E-state index contributed by atoms with van der Waals surface area (Å²) in [4.78, 5) is 2.33. The van der Waals surface area contributed by atoms with Crippen molar-refractivity contribution >= 4 is 0 Å². The van der Waals surface area contributed by atoms with Crippen LogP contribution in [0, 0.1) is 5.82 Å². The first-order valence-corrected chi connectivity index (χ1v) is 6.49. The quantitative estimate of drug-likeness (QED) is 0.874. The van der Waals surface area contributed by atoms with Gasteiger partial charge in [-0.05, 0) is 45.0 Å². The summed E-state index contributed by atoms with van der Waals surface area (Å²) in [7, 11) is 0. The van der Waals surface area contributed by atoms with Gasteiger partial charge in [0.15, 0.2) is 0 Å². The molecule has 0 saturated carbocycles. The number of hydrogen-bond acceptors (Lipinski definition) is 3. The Morgan fingerprint density at radius 3 is 2.78 bits per heavy atom. The van der Waals surface area contributed by atoms with Crippen molar-refractivity contribution in [3.8, 4) is 5.75 Å². The zero-order valence-electron chi connectivity index (χ0n) is 10.7. The van der Waals surface area contributed by atoms with E-state index in [1.54, 1.807) is 13.0 Å². The number of aliphatic hydroxyl groups is 1. The van der Waals surface area contributed by atoms with Gasteiger partial charge in [-0.15, -0.1) is 0 Å². The molecule has 0 aliphatic carbocycles. The van der Waals surface area contributed by atoms with E-state index < -0.39 is 6.10 Å².